The standard InChI is InChI=1S/C22H24N2O3/c25-21(15-23-13-5-8-18(14-23)22(26)27)24-19-9-3-1-6-16(19)11-12-17-7-2-4-10-20(17)24/h1-4,6-7,9-10,18H,5,8,11-15H2,(H,26,27). The maximum Gasteiger partial charge on any atom is 0.307 e. The lowest BCUT2D eigenvalue weighted by Gasteiger charge is -2.32. The van der Waals surface area contributed by atoms with Crippen molar-refractivity contribution >= 4 is 23.3 Å². The van der Waals surface area contributed by atoms with E-state index in [1.54, 1.807) is 0 Å². The van der Waals surface area contributed by atoms with Crippen LogP contribution in [0, 0.1) is 5.92 Å². The molecule has 1 atom stereocenters. The van der Waals surface area contributed by atoms with E-state index in [1.807, 2.05) is 46.2 Å². The topological polar surface area (TPSA) is 60.9 Å². The zero-order valence-electron chi connectivity index (χ0n) is 15.3. The van der Waals surface area contributed by atoms with Crippen molar-refractivity contribution in [2.75, 3.05) is 24.5 Å². The van der Waals surface area contributed by atoms with Crippen molar-refractivity contribution in [2.45, 2.75) is 25.7 Å². The van der Waals surface area contributed by atoms with Crippen LogP contribution in [0.4, 0.5) is 11.4 Å². The molecule has 5 heteroatoms. The molecule has 0 radical (unpaired) electrons. The second-order valence-electron chi connectivity index (χ2n) is 7.40. The molecule has 1 fully saturated rings. The first kappa shape index (κ1) is 17.7. The molecule has 1 N–H and O–H groups in total. The highest BCUT2D eigenvalue weighted by molar-refractivity contribution is 6.03. The Morgan fingerprint density at radius 1 is 0.963 bits per heavy atom. The molecule has 5 nitrogen and oxygen atoms in total. The zero-order chi connectivity index (χ0) is 18.8. The number of carbonyl (C=O) groups excluding carboxylic acids is 1. The van der Waals surface area contributed by atoms with Crippen LogP contribution in [0.5, 0.6) is 0 Å². The zero-order valence-corrected chi connectivity index (χ0v) is 15.3. The summed E-state index contributed by atoms with van der Waals surface area (Å²) in [6.45, 7) is 1.46. The Bertz CT molecular complexity index is 817. The van der Waals surface area contributed by atoms with E-state index < -0.39 is 5.97 Å². The first-order valence-corrected chi connectivity index (χ1v) is 9.57. The van der Waals surface area contributed by atoms with Gasteiger partial charge >= 0.3 is 5.97 Å². The number of carbonyl (C=O) groups is 2. The number of benzene rings is 2. The number of likely N-dealkylation sites (tertiary alicyclic amines) is 1. The highest BCUT2D eigenvalue weighted by atomic mass is 16.4. The Labute approximate surface area is 159 Å². The first-order valence-electron chi connectivity index (χ1n) is 9.57. The number of carboxylic acid groups (broad SMARTS) is 1. The van der Waals surface area contributed by atoms with Crippen molar-refractivity contribution in [3.05, 3.63) is 59.7 Å². The summed E-state index contributed by atoms with van der Waals surface area (Å²) in [4.78, 5) is 28.5. The van der Waals surface area contributed by atoms with Crippen LogP contribution in [0.3, 0.4) is 0 Å². The molecule has 2 aromatic rings. The van der Waals surface area contributed by atoms with Crippen LogP contribution >= 0.6 is 0 Å². The average Bonchev–Trinajstić information content (AvgIpc) is 2.85. The maximum absolute atomic E-state index is 13.4. The number of aliphatic carboxylic acids is 1. The minimum absolute atomic E-state index is 0.00263. The van der Waals surface area contributed by atoms with Gasteiger partial charge < -0.3 is 5.11 Å². The Morgan fingerprint density at radius 3 is 2.15 bits per heavy atom. The quantitative estimate of drug-likeness (QED) is 0.908. The van der Waals surface area contributed by atoms with E-state index in [0.717, 1.165) is 37.2 Å². The van der Waals surface area contributed by atoms with E-state index in [4.69, 9.17) is 0 Å². The number of nitrogens with zero attached hydrogens (tertiary/aromatic N) is 2. The van der Waals surface area contributed by atoms with E-state index in [-0.39, 0.29) is 18.4 Å². The fraction of sp³-hybridized carbons (Fsp3) is 0.364. The first-order chi connectivity index (χ1) is 13.1. The monoisotopic (exact) mass is 364 g/mol. The minimum atomic E-state index is -0.766. The number of para-hydroxylation sites is 2. The molecule has 2 aromatic carbocycles. The molecule has 0 saturated carbocycles. The molecule has 2 aliphatic rings. The Morgan fingerprint density at radius 2 is 1.56 bits per heavy atom. The third kappa shape index (κ3) is 3.60. The fourth-order valence-electron chi connectivity index (χ4n) is 4.21. The van der Waals surface area contributed by atoms with Gasteiger partial charge in [-0.05, 0) is 55.5 Å². The number of piperidine rings is 1. The molecule has 1 saturated heterocycles. The van der Waals surface area contributed by atoms with Crippen LogP contribution in [0.1, 0.15) is 24.0 Å². The number of rotatable bonds is 3. The van der Waals surface area contributed by atoms with Crippen LogP contribution < -0.4 is 4.90 Å². The summed E-state index contributed by atoms with van der Waals surface area (Å²) in [7, 11) is 0. The van der Waals surface area contributed by atoms with E-state index in [1.165, 1.54) is 11.1 Å². The second-order valence-corrected chi connectivity index (χ2v) is 7.40. The molecule has 0 spiro atoms. The van der Waals surface area contributed by atoms with Crippen LogP contribution in [0.15, 0.2) is 48.5 Å². The lowest BCUT2D eigenvalue weighted by atomic mass is 9.98. The van der Waals surface area contributed by atoms with E-state index in [2.05, 4.69) is 12.1 Å². The third-order valence-electron chi connectivity index (χ3n) is 5.59. The van der Waals surface area contributed by atoms with Crippen LogP contribution in [-0.2, 0) is 22.4 Å². The SMILES string of the molecule is O=C(O)C1CCCN(CC(=O)N2c3ccccc3CCc3ccccc32)C1. The number of carboxylic acids is 1. The smallest absolute Gasteiger partial charge is 0.307 e. The second kappa shape index (κ2) is 7.53. The van der Waals surface area contributed by atoms with Gasteiger partial charge in [0.1, 0.15) is 0 Å². The molecule has 140 valence electrons. The molecule has 0 aromatic heterocycles. The number of aryl methyl sites for hydroxylation is 2. The number of hydrogen-bond acceptors (Lipinski definition) is 3. The van der Waals surface area contributed by atoms with Gasteiger partial charge in [0, 0.05) is 6.54 Å². The normalized spacial score (nSPS) is 19.7. The predicted octanol–water partition coefficient (Wildman–Crippen LogP) is 3.25. The third-order valence-corrected chi connectivity index (χ3v) is 5.59. The van der Waals surface area contributed by atoms with Gasteiger partial charge in [0.15, 0.2) is 0 Å². The van der Waals surface area contributed by atoms with E-state index >= 15 is 0 Å². The fourth-order valence-corrected chi connectivity index (χ4v) is 4.21. The highest BCUT2D eigenvalue weighted by Gasteiger charge is 2.30. The number of amides is 1. The summed E-state index contributed by atoms with van der Waals surface area (Å²) in [5.41, 5.74) is 4.23. The minimum Gasteiger partial charge on any atom is -0.481 e. The number of fused-ring (bicyclic) bond motifs is 2. The summed E-state index contributed by atoms with van der Waals surface area (Å²) in [6.07, 6.45) is 3.32. The van der Waals surface area contributed by atoms with Crippen LogP contribution in [-0.4, -0.2) is 41.5 Å². The van der Waals surface area contributed by atoms with Gasteiger partial charge in [0.2, 0.25) is 5.91 Å². The van der Waals surface area contributed by atoms with Crippen molar-refractivity contribution in [3.63, 3.8) is 0 Å². The maximum atomic E-state index is 13.4. The Kier molecular flexibility index (Phi) is 4.94. The van der Waals surface area contributed by atoms with Crippen LogP contribution in [0.2, 0.25) is 0 Å². The van der Waals surface area contributed by atoms with Gasteiger partial charge in [-0.3, -0.25) is 19.4 Å². The lowest BCUT2D eigenvalue weighted by Crippen LogP contribution is -2.44. The summed E-state index contributed by atoms with van der Waals surface area (Å²) < 4.78 is 0. The van der Waals surface area contributed by atoms with Crippen molar-refractivity contribution in [2.24, 2.45) is 5.92 Å². The summed E-state index contributed by atoms with van der Waals surface area (Å²) in [5, 5.41) is 9.31. The van der Waals surface area contributed by atoms with Gasteiger partial charge in [-0.2, -0.15) is 0 Å². The lowest BCUT2D eigenvalue weighted by molar-refractivity contribution is -0.144. The summed E-state index contributed by atoms with van der Waals surface area (Å²) in [5.74, 6) is -1.14. The Hall–Kier alpha value is -2.66. The molecular formula is C22H24N2O3. The molecule has 1 unspecified atom stereocenters. The molecule has 0 aliphatic carbocycles. The predicted molar refractivity (Wildman–Crippen MR) is 104 cm³/mol. The number of anilines is 2. The molecular weight excluding hydrogens is 340 g/mol. The molecule has 2 aliphatic heterocycles. The molecule has 0 bridgehead atoms. The molecule has 4 rings (SSSR count). The van der Waals surface area contributed by atoms with Gasteiger partial charge in [-0.1, -0.05) is 36.4 Å². The van der Waals surface area contributed by atoms with Crippen molar-refractivity contribution in [1.82, 2.24) is 4.90 Å². The van der Waals surface area contributed by atoms with Crippen LogP contribution in [0.25, 0.3) is 0 Å². The van der Waals surface area contributed by atoms with Gasteiger partial charge in [-0.15, -0.1) is 0 Å². The van der Waals surface area contributed by atoms with Gasteiger partial charge in [0.05, 0.1) is 23.8 Å². The van der Waals surface area contributed by atoms with Gasteiger partial charge in [0.25, 0.3) is 0 Å². The molecule has 1 amide bonds. The van der Waals surface area contributed by atoms with Crippen molar-refractivity contribution in [3.8, 4) is 0 Å². The number of hydrogen-bond donors (Lipinski definition) is 1. The van der Waals surface area contributed by atoms with Crippen molar-refractivity contribution < 1.29 is 14.7 Å². The summed E-state index contributed by atoms with van der Waals surface area (Å²) >= 11 is 0. The summed E-state index contributed by atoms with van der Waals surface area (Å²) in [6, 6.07) is 16.1. The van der Waals surface area contributed by atoms with E-state index in [0.29, 0.717) is 13.0 Å². The Balaban J connectivity index is 1.64. The van der Waals surface area contributed by atoms with E-state index in [9.17, 15) is 14.7 Å². The molecule has 27 heavy (non-hydrogen) atoms. The van der Waals surface area contributed by atoms with Gasteiger partial charge in [-0.25, -0.2) is 0 Å². The largest absolute Gasteiger partial charge is 0.481 e. The van der Waals surface area contributed by atoms with Crippen molar-refractivity contribution in [1.29, 1.82) is 0 Å². The molecule has 2 heterocycles. The average molecular weight is 364 g/mol. The highest BCUT2D eigenvalue weighted by Crippen LogP contribution is 2.36.